The minimum Gasteiger partial charge on any atom is -0.272 e. The maximum atomic E-state index is 12.7. The fraction of sp³-hybridized carbons (Fsp3) is 0. The number of carbonyl (C=O) groups excluding carboxylic acids is 1. The number of nitrogens with zero attached hydrogens (tertiary/aromatic N) is 3. The third kappa shape index (κ3) is 3.47. The molecule has 0 radical (unpaired) electrons. The van der Waals surface area contributed by atoms with Crippen molar-refractivity contribution in [2.45, 2.75) is 5.16 Å². The second-order valence-corrected chi connectivity index (χ2v) is 6.46. The van der Waals surface area contributed by atoms with E-state index < -0.39 is 0 Å². The Kier molecular flexibility index (Phi) is 4.72. The van der Waals surface area contributed by atoms with Crippen molar-refractivity contribution in [1.82, 2.24) is 9.36 Å². The largest absolute Gasteiger partial charge is 0.298 e. The van der Waals surface area contributed by atoms with Crippen LogP contribution in [0, 0.1) is 0 Å². The van der Waals surface area contributed by atoms with E-state index >= 15 is 0 Å². The molecule has 3 aromatic rings. The molecule has 0 fully saturated rings. The van der Waals surface area contributed by atoms with Gasteiger partial charge in [-0.25, -0.2) is 0 Å². The van der Waals surface area contributed by atoms with Crippen LogP contribution < -0.4 is 4.90 Å². The van der Waals surface area contributed by atoms with Crippen LogP contribution in [0.4, 0.5) is 16.2 Å². The van der Waals surface area contributed by atoms with Crippen LogP contribution in [0.15, 0.2) is 65.8 Å². The van der Waals surface area contributed by atoms with Crippen molar-refractivity contribution in [2.75, 3.05) is 4.90 Å². The molecular weight excluding hydrogens is 338 g/mol. The van der Waals surface area contributed by atoms with E-state index in [2.05, 4.69) is 9.36 Å². The van der Waals surface area contributed by atoms with E-state index in [-0.39, 0.29) is 5.24 Å². The second-order valence-electron chi connectivity index (χ2n) is 4.20. The van der Waals surface area contributed by atoms with Crippen molar-refractivity contribution >= 4 is 51.5 Å². The molecule has 3 rings (SSSR count). The van der Waals surface area contributed by atoms with E-state index in [1.165, 1.54) is 0 Å². The lowest BCUT2D eigenvalue weighted by molar-refractivity contribution is 0.267. The number of benzene rings is 2. The van der Waals surface area contributed by atoms with Gasteiger partial charge in [0.05, 0.1) is 0 Å². The summed E-state index contributed by atoms with van der Waals surface area (Å²) in [6.07, 6.45) is 0. The van der Waals surface area contributed by atoms with E-state index in [0.717, 1.165) is 34.7 Å². The number of amides is 1. The molecule has 0 N–H and O–H groups in total. The Bertz CT molecular complexity index is 725. The predicted octanol–water partition coefficient (Wildman–Crippen LogP) is 5.24. The Hall–Kier alpha value is -1.89. The van der Waals surface area contributed by atoms with Gasteiger partial charge >= 0.3 is 0 Å². The van der Waals surface area contributed by atoms with Gasteiger partial charge in [-0.15, -0.1) is 0 Å². The van der Waals surface area contributed by atoms with Crippen molar-refractivity contribution < 1.29 is 4.79 Å². The lowest BCUT2D eigenvalue weighted by atomic mass is 10.2. The zero-order valence-corrected chi connectivity index (χ0v) is 13.6. The molecule has 7 heteroatoms. The zero-order valence-electron chi connectivity index (χ0n) is 11.2. The molecule has 0 saturated heterocycles. The van der Waals surface area contributed by atoms with Gasteiger partial charge in [0.25, 0.3) is 5.24 Å². The topological polar surface area (TPSA) is 46.1 Å². The van der Waals surface area contributed by atoms with Crippen molar-refractivity contribution in [1.29, 1.82) is 0 Å². The Balaban J connectivity index is 1.93. The van der Waals surface area contributed by atoms with Crippen LogP contribution in [0.25, 0.3) is 0 Å². The summed E-state index contributed by atoms with van der Waals surface area (Å²) in [6, 6.07) is 18.9. The molecule has 0 aliphatic rings. The second kappa shape index (κ2) is 6.91. The van der Waals surface area contributed by atoms with Crippen LogP contribution in [-0.2, 0) is 0 Å². The average Bonchev–Trinajstić information content (AvgIpc) is 2.95. The normalized spacial score (nSPS) is 10.4. The van der Waals surface area contributed by atoms with Gasteiger partial charge < -0.3 is 0 Å². The Labute approximate surface area is 140 Å². The summed E-state index contributed by atoms with van der Waals surface area (Å²) < 4.78 is 4.36. The van der Waals surface area contributed by atoms with Gasteiger partial charge in [-0.05, 0) is 47.4 Å². The molecule has 1 heterocycles. The lowest BCUT2D eigenvalue weighted by Gasteiger charge is -2.21. The van der Waals surface area contributed by atoms with Crippen molar-refractivity contribution in [2.24, 2.45) is 0 Å². The Morgan fingerprint density at radius 2 is 1.55 bits per heavy atom. The first-order chi connectivity index (χ1) is 10.7. The summed E-state index contributed by atoms with van der Waals surface area (Å²) in [4.78, 5) is 18.3. The number of para-hydroxylation sites is 2. The van der Waals surface area contributed by atoms with Crippen LogP contribution in [-0.4, -0.2) is 14.6 Å². The highest BCUT2D eigenvalue weighted by Crippen LogP contribution is 2.31. The third-order valence-corrected chi connectivity index (χ3v) is 4.41. The maximum Gasteiger partial charge on any atom is 0.298 e. The van der Waals surface area contributed by atoms with E-state index in [1.54, 1.807) is 4.90 Å². The first kappa shape index (κ1) is 15.0. The van der Waals surface area contributed by atoms with Gasteiger partial charge in [0.1, 0.15) is 0 Å². The Morgan fingerprint density at radius 1 is 1.00 bits per heavy atom. The van der Waals surface area contributed by atoms with Crippen LogP contribution in [0.3, 0.4) is 0 Å². The van der Waals surface area contributed by atoms with Crippen LogP contribution in [0.2, 0.25) is 4.47 Å². The highest BCUT2D eigenvalue weighted by atomic mass is 35.5. The monoisotopic (exact) mass is 347 g/mol. The molecule has 0 aliphatic heterocycles. The molecule has 2 aromatic carbocycles. The van der Waals surface area contributed by atoms with Crippen molar-refractivity contribution in [3.05, 3.63) is 65.1 Å². The standard InChI is InChI=1S/C15H10ClN3OS2/c16-13-17-14(18-22-13)21-15(20)19(11-7-3-1-4-8-11)12-9-5-2-6-10-12/h1-10H. The summed E-state index contributed by atoms with van der Waals surface area (Å²) >= 11 is 7.78. The SMILES string of the molecule is O=C(Sc1nsc(Cl)n1)N(c1ccccc1)c1ccccc1. The molecule has 0 bridgehead atoms. The number of hydrogen-bond acceptors (Lipinski definition) is 5. The minimum atomic E-state index is -0.188. The number of aromatic nitrogens is 2. The molecule has 110 valence electrons. The first-order valence-electron chi connectivity index (χ1n) is 6.35. The summed E-state index contributed by atoms with van der Waals surface area (Å²) in [5, 5.41) is 0.170. The van der Waals surface area contributed by atoms with E-state index in [4.69, 9.17) is 11.6 Å². The quantitative estimate of drug-likeness (QED) is 0.608. The number of anilines is 2. The summed E-state index contributed by atoms with van der Waals surface area (Å²) in [6.45, 7) is 0. The minimum absolute atomic E-state index is 0.188. The van der Waals surface area contributed by atoms with Gasteiger partial charge in [-0.2, -0.15) is 9.36 Å². The summed E-state index contributed by atoms with van der Waals surface area (Å²) in [7, 11) is 0. The fourth-order valence-corrected chi connectivity index (χ4v) is 3.34. The molecule has 0 aliphatic carbocycles. The number of hydrogen-bond donors (Lipinski definition) is 0. The molecule has 4 nitrogen and oxygen atoms in total. The van der Waals surface area contributed by atoms with Crippen molar-refractivity contribution in [3.8, 4) is 0 Å². The Morgan fingerprint density at radius 3 is 2.00 bits per heavy atom. The molecule has 1 amide bonds. The summed E-state index contributed by atoms with van der Waals surface area (Å²) in [5.74, 6) is 0. The molecular formula is C15H10ClN3OS2. The molecule has 0 saturated carbocycles. The molecule has 1 aromatic heterocycles. The fourth-order valence-electron chi connectivity index (χ4n) is 1.87. The average molecular weight is 348 g/mol. The molecule has 0 spiro atoms. The number of rotatable bonds is 3. The van der Waals surface area contributed by atoms with Gasteiger partial charge in [0, 0.05) is 23.1 Å². The smallest absolute Gasteiger partial charge is 0.272 e. The van der Waals surface area contributed by atoms with Gasteiger partial charge in [-0.3, -0.25) is 9.69 Å². The number of halogens is 1. The molecule has 0 atom stereocenters. The number of carbonyl (C=O) groups is 1. The van der Waals surface area contributed by atoms with Crippen LogP contribution >= 0.6 is 34.9 Å². The predicted molar refractivity (Wildman–Crippen MR) is 91.2 cm³/mol. The van der Waals surface area contributed by atoms with Gasteiger partial charge in [0.2, 0.25) is 9.62 Å². The molecule has 0 unspecified atom stereocenters. The van der Waals surface area contributed by atoms with E-state index in [1.807, 2.05) is 60.7 Å². The van der Waals surface area contributed by atoms with Crippen molar-refractivity contribution in [3.63, 3.8) is 0 Å². The van der Waals surface area contributed by atoms with Crippen LogP contribution in [0.5, 0.6) is 0 Å². The highest BCUT2D eigenvalue weighted by molar-refractivity contribution is 8.13. The lowest BCUT2D eigenvalue weighted by Crippen LogP contribution is -2.21. The van der Waals surface area contributed by atoms with Gasteiger partial charge in [0.15, 0.2) is 0 Å². The first-order valence-corrected chi connectivity index (χ1v) is 8.32. The zero-order chi connectivity index (χ0) is 15.4. The summed E-state index contributed by atoms with van der Waals surface area (Å²) in [5.41, 5.74) is 1.57. The van der Waals surface area contributed by atoms with Crippen LogP contribution in [0.1, 0.15) is 0 Å². The highest BCUT2D eigenvalue weighted by Gasteiger charge is 2.20. The van der Waals surface area contributed by atoms with Gasteiger partial charge in [-0.1, -0.05) is 36.4 Å². The molecule has 22 heavy (non-hydrogen) atoms. The third-order valence-electron chi connectivity index (χ3n) is 2.77. The van der Waals surface area contributed by atoms with E-state index in [9.17, 15) is 4.79 Å². The number of thioether (sulfide) groups is 1. The van der Waals surface area contributed by atoms with E-state index in [0.29, 0.717) is 9.62 Å². The maximum absolute atomic E-state index is 12.7.